The minimum atomic E-state index is -3.01. The number of ether oxygens (including phenoxy) is 1. The van der Waals surface area contributed by atoms with Gasteiger partial charge in [0.25, 0.3) is 0 Å². The fourth-order valence-electron chi connectivity index (χ4n) is 2.54. The van der Waals surface area contributed by atoms with E-state index < -0.39 is 15.4 Å². The first-order chi connectivity index (χ1) is 9.23. The molecule has 0 aliphatic carbocycles. The number of hydrogen-bond donors (Lipinski definition) is 1. The number of amides is 1. The molecule has 0 aromatic carbocycles. The minimum absolute atomic E-state index is 0.0602. The van der Waals surface area contributed by atoms with Crippen molar-refractivity contribution >= 4 is 15.7 Å². The first-order valence-electron chi connectivity index (χ1n) is 6.99. The summed E-state index contributed by atoms with van der Waals surface area (Å²) in [4.78, 5) is 14.3. The molecule has 1 amide bonds. The lowest BCUT2D eigenvalue weighted by molar-refractivity contribution is -0.139. The van der Waals surface area contributed by atoms with Gasteiger partial charge in [0.1, 0.15) is 0 Å². The van der Waals surface area contributed by atoms with E-state index in [0.717, 1.165) is 0 Å². The maximum atomic E-state index is 12.7. The molecule has 1 aliphatic heterocycles. The van der Waals surface area contributed by atoms with Crippen LogP contribution in [0.1, 0.15) is 27.2 Å². The Kier molecular flexibility index (Phi) is 5.97. The maximum Gasteiger partial charge on any atom is 0.242 e. The van der Waals surface area contributed by atoms with Crippen molar-refractivity contribution < 1.29 is 17.9 Å². The second-order valence-electron chi connectivity index (χ2n) is 5.70. The van der Waals surface area contributed by atoms with Gasteiger partial charge in [-0.1, -0.05) is 6.92 Å². The lowest BCUT2D eigenvalue weighted by Gasteiger charge is -2.35. The van der Waals surface area contributed by atoms with Crippen molar-refractivity contribution in [2.45, 2.75) is 38.8 Å². The van der Waals surface area contributed by atoms with Gasteiger partial charge in [0.15, 0.2) is 9.84 Å². The Bertz CT molecular complexity index is 434. The first-order valence-corrected chi connectivity index (χ1v) is 8.81. The summed E-state index contributed by atoms with van der Waals surface area (Å²) in [6, 6.07) is -0.236. The lowest BCUT2D eigenvalue weighted by Crippen LogP contribution is -2.57. The van der Waals surface area contributed by atoms with Crippen molar-refractivity contribution in [2.24, 2.45) is 0 Å². The fourth-order valence-corrected chi connectivity index (χ4v) is 4.27. The quantitative estimate of drug-likeness (QED) is 0.718. The van der Waals surface area contributed by atoms with E-state index in [-0.39, 0.29) is 23.5 Å². The first kappa shape index (κ1) is 17.4. The lowest BCUT2D eigenvalue weighted by atomic mass is 10.0. The van der Waals surface area contributed by atoms with E-state index in [4.69, 9.17) is 4.74 Å². The number of methoxy groups -OCH3 is 1. The molecule has 1 rings (SSSR count). The standard InChI is InChI=1S/C13H26N2O4S/c1-5-14-13(2,3)12(16)15(7-8-19-4)11-6-9-20(17,18)10-11/h11,14H,5-10H2,1-4H3. The number of carbonyl (C=O) groups excluding carboxylic acids is 1. The number of nitrogens with zero attached hydrogens (tertiary/aromatic N) is 1. The molecular weight excluding hydrogens is 280 g/mol. The molecule has 1 fully saturated rings. The van der Waals surface area contributed by atoms with Gasteiger partial charge in [-0.25, -0.2) is 8.42 Å². The van der Waals surface area contributed by atoms with Gasteiger partial charge in [0, 0.05) is 19.7 Å². The average molecular weight is 306 g/mol. The summed E-state index contributed by atoms with van der Waals surface area (Å²) in [5.41, 5.74) is -0.700. The third-order valence-corrected chi connectivity index (χ3v) is 5.35. The van der Waals surface area contributed by atoms with Crippen LogP contribution in [-0.4, -0.2) is 69.1 Å². The van der Waals surface area contributed by atoms with Crippen molar-refractivity contribution in [2.75, 3.05) is 38.3 Å². The highest BCUT2D eigenvalue weighted by Gasteiger charge is 2.39. The Morgan fingerprint density at radius 3 is 2.55 bits per heavy atom. The van der Waals surface area contributed by atoms with Crippen LogP contribution in [-0.2, 0) is 19.4 Å². The normalized spacial score (nSPS) is 21.9. The van der Waals surface area contributed by atoms with Gasteiger partial charge >= 0.3 is 0 Å². The molecule has 1 atom stereocenters. The topological polar surface area (TPSA) is 75.7 Å². The van der Waals surface area contributed by atoms with Crippen LogP contribution in [0.4, 0.5) is 0 Å². The summed E-state index contributed by atoms with van der Waals surface area (Å²) in [7, 11) is -1.44. The molecular formula is C13H26N2O4S. The van der Waals surface area contributed by atoms with Crippen LogP contribution < -0.4 is 5.32 Å². The van der Waals surface area contributed by atoms with Gasteiger partial charge in [-0.3, -0.25) is 4.79 Å². The van der Waals surface area contributed by atoms with E-state index >= 15 is 0 Å². The zero-order chi connectivity index (χ0) is 15.4. The average Bonchev–Trinajstić information content (AvgIpc) is 2.70. The SMILES string of the molecule is CCNC(C)(C)C(=O)N(CCOC)C1CCS(=O)(=O)C1. The van der Waals surface area contributed by atoms with Gasteiger partial charge < -0.3 is 15.0 Å². The molecule has 0 aromatic heterocycles. The van der Waals surface area contributed by atoms with Crippen LogP contribution in [0.5, 0.6) is 0 Å². The second-order valence-corrected chi connectivity index (χ2v) is 7.93. The third-order valence-electron chi connectivity index (χ3n) is 3.60. The predicted molar refractivity (Wildman–Crippen MR) is 78.4 cm³/mol. The number of rotatable bonds is 7. The predicted octanol–water partition coefficient (Wildman–Crippen LogP) is 0.0366. The van der Waals surface area contributed by atoms with E-state index in [2.05, 4.69) is 5.32 Å². The molecule has 0 radical (unpaired) electrons. The largest absolute Gasteiger partial charge is 0.383 e. The molecule has 1 aliphatic rings. The Morgan fingerprint density at radius 1 is 1.45 bits per heavy atom. The summed E-state index contributed by atoms with van der Waals surface area (Å²) in [6.45, 7) is 7.09. The van der Waals surface area contributed by atoms with E-state index in [1.165, 1.54) is 0 Å². The van der Waals surface area contributed by atoms with Gasteiger partial charge in [0.2, 0.25) is 5.91 Å². The molecule has 6 nitrogen and oxygen atoms in total. The summed E-state index contributed by atoms with van der Waals surface area (Å²) < 4.78 is 28.3. The summed E-state index contributed by atoms with van der Waals surface area (Å²) >= 11 is 0. The molecule has 1 N–H and O–H groups in total. The molecule has 118 valence electrons. The molecule has 0 spiro atoms. The molecule has 1 saturated heterocycles. The number of hydrogen-bond acceptors (Lipinski definition) is 5. The van der Waals surface area contributed by atoms with Crippen LogP contribution in [0, 0.1) is 0 Å². The van der Waals surface area contributed by atoms with Crippen LogP contribution in [0.2, 0.25) is 0 Å². The van der Waals surface area contributed by atoms with Crippen molar-refractivity contribution in [1.29, 1.82) is 0 Å². The van der Waals surface area contributed by atoms with E-state index in [9.17, 15) is 13.2 Å². The molecule has 20 heavy (non-hydrogen) atoms. The highest BCUT2D eigenvalue weighted by Crippen LogP contribution is 2.21. The van der Waals surface area contributed by atoms with E-state index in [1.54, 1.807) is 12.0 Å². The van der Waals surface area contributed by atoms with Gasteiger partial charge in [-0.2, -0.15) is 0 Å². The summed E-state index contributed by atoms with van der Waals surface area (Å²) in [6.07, 6.45) is 0.514. The zero-order valence-corrected chi connectivity index (χ0v) is 13.6. The Hall–Kier alpha value is -0.660. The second kappa shape index (κ2) is 6.87. The number of sulfone groups is 1. The number of likely N-dealkylation sites (N-methyl/N-ethyl adjacent to an activating group) is 1. The molecule has 0 aromatic rings. The van der Waals surface area contributed by atoms with Crippen molar-refractivity contribution in [3.05, 3.63) is 0 Å². The van der Waals surface area contributed by atoms with Gasteiger partial charge in [0.05, 0.1) is 23.7 Å². The van der Waals surface area contributed by atoms with E-state index in [1.807, 2.05) is 20.8 Å². The van der Waals surface area contributed by atoms with Crippen molar-refractivity contribution in [3.63, 3.8) is 0 Å². The molecule has 7 heteroatoms. The summed E-state index contributed by atoms with van der Waals surface area (Å²) in [5.74, 6) is 0.152. The molecule has 1 unspecified atom stereocenters. The molecule has 0 bridgehead atoms. The van der Waals surface area contributed by atoms with Gasteiger partial charge in [-0.15, -0.1) is 0 Å². The monoisotopic (exact) mass is 306 g/mol. The van der Waals surface area contributed by atoms with Crippen molar-refractivity contribution in [1.82, 2.24) is 10.2 Å². The molecule has 1 heterocycles. The molecule has 0 saturated carbocycles. The van der Waals surface area contributed by atoms with Crippen LogP contribution in [0.15, 0.2) is 0 Å². The van der Waals surface area contributed by atoms with E-state index in [0.29, 0.717) is 26.1 Å². The minimum Gasteiger partial charge on any atom is -0.383 e. The summed E-state index contributed by atoms with van der Waals surface area (Å²) in [5, 5.41) is 3.14. The highest BCUT2D eigenvalue weighted by atomic mass is 32.2. The highest BCUT2D eigenvalue weighted by molar-refractivity contribution is 7.91. The third kappa shape index (κ3) is 4.43. The zero-order valence-electron chi connectivity index (χ0n) is 12.8. The van der Waals surface area contributed by atoms with Crippen molar-refractivity contribution in [3.8, 4) is 0 Å². The van der Waals surface area contributed by atoms with Crippen LogP contribution in [0.25, 0.3) is 0 Å². The maximum absolute atomic E-state index is 12.7. The van der Waals surface area contributed by atoms with Crippen LogP contribution >= 0.6 is 0 Å². The fraction of sp³-hybridized carbons (Fsp3) is 0.923. The Labute approximate surface area is 121 Å². The number of nitrogens with one attached hydrogen (secondary N) is 1. The number of carbonyl (C=O) groups is 1. The Morgan fingerprint density at radius 2 is 2.10 bits per heavy atom. The van der Waals surface area contributed by atoms with Gasteiger partial charge in [-0.05, 0) is 26.8 Å². The van der Waals surface area contributed by atoms with Crippen LogP contribution in [0.3, 0.4) is 0 Å². The smallest absolute Gasteiger partial charge is 0.242 e. The Balaban J connectivity index is 2.86.